The van der Waals surface area contributed by atoms with Gasteiger partial charge in [0.25, 0.3) is 0 Å². The second-order valence-corrected chi connectivity index (χ2v) is 3.88. The Morgan fingerprint density at radius 3 is 2.27 bits per heavy atom. The predicted octanol–water partition coefficient (Wildman–Crippen LogP) is 2.69. The van der Waals surface area contributed by atoms with Gasteiger partial charge in [-0.1, -0.05) is 13.5 Å². The third kappa shape index (κ3) is 2.96. The van der Waals surface area contributed by atoms with E-state index in [9.17, 15) is 0 Å². The van der Waals surface area contributed by atoms with Crippen LogP contribution in [0.5, 0.6) is 0 Å². The number of allylic oxidation sites excluding steroid dienone is 1. The smallest absolute Gasteiger partial charge is 0.0258 e. The summed E-state index contributed by atoms with van der Waals surface area (Å²) in [5.41, 5.74) is 1.12. The van der Waals surface area contributed by atoms with Crippen molar-refractivity contribution in [3.8, 4) is 0 Å². The normalized spacial score (nSPS) is 31.5. The molecule has 0 amide bonds. The second kappa shape index (κ2) is 3.80. The van der Waals surface area contributed by atoms with Crippen molar-refractivity contribution in [2.24, 2.45) is 5.92 Å². The van der Waals surface area contributed by atoms with Crippen molar-refractivity contribution >= 4 is 0 Å². The summed E-state index contributed by atoms with van der Waals surface area (Å²) in [6.45, 7) is 8.24. The van der Waals surface area contributed by atoms with Crippen molar-refractivity contribution in [3.63, 3.8) is 0 Å². The van der Waals surface area contributed by atoms with Crippen molar-refractivity contribution < 1.29 is 0 Å². The summed E-state index contributed by atoms with van der Waals surface area (Å²) in [5, 5.41) is 3.41. The van der Waals surface area contributed by atoms with Crippen LogP contribution in [0.4, 0.5) is 0 Å². The zero-order chi connectivity index (χ0) is 8.27. The van der Waals surface area contributed by atoms with Crippen LogP contribution >= 0.6 is 0 Å². The molecule has 0 aliphatic heterocycles. The highest BCUT2D eigenvalue weighted by Gasteiger charge is 2.16. The van der Waals surface area contributed by atoms with Crippen LogP contribution in [-0.2, 0) is 0 Å². The van der Waals surface area contributed by atoms with Gasteiger partial charge in [-0.05, 0) is 38.5 Å². The second-order valence-electron chi connectivity index (χ2n) is 3.88. The van der Waals surface area contributed by atoms with Crippen molar-refractivity contribution in [2.75, 3.05) is 0 Å². The summed E-state index contributed by atoms with van der Waals surface area (Å²) >= 11 is 0. The summed E-state index contributed by atoms with van der Waals surface area (Å²) in [6.07, 6.45) is 5.41. The first-order valence-electron chi connectivity index (χ1n) is 4.60. The maximum atomic E-state index is 3.86. The molecule has 11 heavy (non-hydrogen) atoms. The molecule has 1 N–H and O–H groups in total. The molecule has 0 saturated heterocycles. The molecule has 0 heterocycles. The zero-order valence-corrected chi connectivity index (χ0v) is 7.69. The largest absolute Gasteiger partial charge is 0.386 e. The maximum Gasteiger partial charge on any atom is 0.0258 e. The van der Waals surface area contributed by atoms with E-state index in [2.05, 4.69) is 18.8 Å². The van der Waals surface area contributed by atoms with E-state index < -0.39 is 0 Å². The number of rotatable bonds is 2. The SMILES string of the molecule is C=C(C)N[C@H]1CC[C@@H](C)CC1. The van der Waals surface area contributed by atoms with Crippen LogP contribution in [0.2, 0.25) is 0 Å². The van der Waals surface area contributed by atoms with E-state index in [1.165, 1.54) is 25.7 Å². The molecule has 1 saturated carbocycles. The molecule has 0 bridgehead atoms. The molecule has 0 aromatic heterocycles. The highest BCUT2D eigenvalue weighted by atomic mass is 14.9. The molecule has 1 aliphatic rings. The Bertz CT molecular complexity index is 132. The van der Waals surface area contributed by atoms with Crippen molar-refractivity contribution in [2.45, 2.75) is 45.6 Å². The van der Waals surface area contributed by atoms with Gasteiger partial charge in [0.15, 0.2) is 0 Å². The topological polar surface area (TPSA) is 12.0 Å². The highest BCUT2D eigenvalue weighted by Crippen LogP contribution is 2.23. The van der Waals surface area contributed by atoms with Crippen LogP contribution in [0.25, 0.3) is 0 Å². The standard InChI is InChI=1S/C10H19N/c1-8(2)11-10-6-4-9(3)5-7-10/h9-11H,1,4-7H2,2-3H3/t9-,10+. The molecule has 0 aromatic rings. The van der Waals surface area contributed by atoms with Gasteiger partial charge in [0.05, 0.1) is 0 Å². The molecule has 1 heteroatoms. The fourth-order valence-corrected chi connectivity index (χ4v) is 1.75. The van der Waals surface area contributed by atoms with Gasteiger partial charge in [0.1, 0.15) is 0 Å². The van der Waals surface area contributed by atoms with E-state index in [-0.39, 0.29) is 0 Å². The molecule has 1 nitrogen and oxygen atoms in total. The zero-order valence-electron chi connectivity index (χ0n) is 7.69. The third-order valence-electron chi connectivity index (χ3n) is 2.47. The van der Waals surface area contributed by atoms with E-state index in [0.717, 1.165) is 11.6 Å². The fraction of sp³-hybridized carbons (Fsp3) is 0.800. The first-order chi connectivity index (χ1) is 5.18. The monoisotopic (exact) mass is 153 g/mol. The fourth-order valence-electron chi connectivity index (χ4n) is 1.75. The highest BCUT2D eigenvalue weighted by molar-refractivity contribution is 4.90. The number of nitrogens with one attached hydrogen (secondary N) is 1. The Kier molecular flexibility index (Phi) is 2.98. The van der Waals surface area contributed by atoms with Crippen LogP contribution in [0, 0.1) is 5.92 Å². The van der Waals surface area contributed by atoms with Gasteiger partial charge >= 0.3 is 0 Å². The van der Waals surface area contributed by atoms with E-state index in [0.29, 0.717) is 6.04 Å². The van der Waals surface area contributed by atoms with Gasteiger partial charge in [-0.3, -0.25) is 0 Å². The molecule has 64 valence electrons. The van der Waals surface area contributed by atoms with Crippen LogP contribution in [0.15, 0.2) is 12.3 Å². The summed E-state index contributed by atoms with van der Waals surface area (Å²) in [4.78, 5) is 0. The van der Waals surface area contributed by atoms with Crippen molar-refractivity contribution in [3.05, 3.63) is 12.3 Å². The summed E-state index contributed by atoms with van der Waals surface area (Å²) in [7, 11) is 0. The molecular formula is C10H19N. The van der Waals surface area contributed by atoms with Gasteiger partial charge in [0, 0.05) is 11.7 Å². The van der Waals surface area contributed by atoms with Crippen LogP contribution in [0.3, 0.4) is 0 Å². The Hall–Kier alpha value is -0.460. The van der Waals surface area contributed by atoms with Crippen molar-refractivity contribution in [1.82, 2.24) is 5.32 Å². The lowest BCUT2D eigenvalue weighted by Gasteiger charge is -2.27. The lowest BCUT2D eigenvalue weighted by atomic mass is 9.87. The molecule has 0 spiro atoms. The summed E-state index contributed by atoms with van der Waals surface area (Å²) < 4.78 is 0. The summed E-state index contributed by atoms with van der Waals surface area (Å²) in [5.74, 6) is 0.943. The molecular weight excluding hydrogens is 134 g/mol. The third-order valence-corrected chi connectivity index (χ3v) is 2.47. The number of hydrogen-bond acceptors (Lipinski definition) is 1. The maximum absolute atomic E-state index is 3.86. The quantitative estimate of drug-likeness (QED) is 0.643. The van der Waals surface area contributed by atoms with Crippen LogP contribution in [0.1, 0.15) is 39.5 Å². The first-order valence-corrected chi connectivity index (χ1v) is 4.60. The molecule has 0 atom stereocenters. The minimum atomic E-state index is 0.712. The van der Waals surface area contributed by atoms with Gasteiger partial charge in [0.2, 0.25) is 0 Å². The Balaban J connectivity index is 2.22. The average Bonchev–Trinajstić information content (AvgIpc) is 1.93. The minimum absolute atomic E-state index is 0.712. The Morgan fingerprint density at radius 2 is 1.82 bits per heavy atom. The molecule has 0 aromatic carbocycles. The molecule has 1 rings (SSSR count). The van der Waals surface area contributed by atoms with E-state index >= 15 is 0 Å². The molecule has 1 fully saturated rings. The van der Waals surface area contributed by atoms with Crippen molar-refractivity contribution in [1.29, 1.82) is 0 Å². The van der Waals surface area contributed by atoms with Gasteiger partial charge in [-0.2, -0.15) is 0 Å². The lowest BCUT2D eigenvalue weighted by Crippen LogP contribution is -2.30. The van der Waals surface area contributed by atoms with Crippen LogP contribution < -0.4 is 5.32 Å². The van der Waals surface area contributed by atoms with Gasteiger partial charge in [-0.15, -0.1) is 0 Å². The Labute approximate surface area is 69.9 Å². The minimum Gasteiger partial charge on any atom is -0.386 e. The first kappa shape index (κ1) is 8.63. The molecule has 1 aliphatic carbocycles. The van der Waals surface area contributed by atoms with Gasteiger partial charge < -0.3 is 5.32 Å². The summed E-state index contributed by atoms with van der Waals surface area (Å²) in [6, 6.07) is 0.712. The molecule has 0 radical (unpaired) electrons. The average molecular weight is 153 g/mol. The molecule has 0 unspecified atom stereocenters. The van der Waals surface area contributed by atoms with Gasteiger partial charge in [-0.25, -0.2) is 0 Å². The predicted molar refractivity (Wildman–Crippen MR) is 49.4 cm³/mol. The Morgan fingerprint density at radius 1 is 1.27 bits per heavy atom. The lowest BCUT2D eigenvalue weighted by molar-refractivity contribution is 0.321. The van der Waals surface area contributed by atoms with E-state index in [1.54, 1.807) is 0 Å². The number of hydrogen-bond donors (Lipinski definition) is 1. The van der Waals surface area contributed by atoms with E-state index in [1.807, 2.05) is 6.92 Å². The van der Waals surface area contributed by atoms with Crippen LogP contribution in [-0.4, -0.2) is 6.04 Å². The van der Waals surface area contributed by atoms with E-state index in [4.69, 9.17) is 0 Å².